The minimum atomic E-state index is -0.754. The summed E-state index contributed by atoms with van der Waals surface area (Å²) in [7, 11) is 0. The van der Waals surface area contributed by atoms with Gasteiger partial charge < -0.3 is 5.11 Å². The van der Waals surface area contributed by atoms with E-state index >= 15 is 0 Å². The van der Waals surface area contributed by atoms with Crippen molar-refractivity contribution in [1.29, 1.82) is 0 Å². The van der Waals surface area contributed by atoms with Crippen molar-refractivity contribution in [1.82, 2.24) is 5.32 Å². The molecular weight excluding hydrogens is 214 g/mol. The smallest absolute Gasteiger partial charge is 0.323 e. The Balaban J connectivity index is 2.63. The van der Waals surface area contributed by atoms with Gasteiger partial charge in [0.1, 0.15) is 5.54 Å². The average molecular weight is 241 g/mol. The first-order chi connectivity index (χ1) is 7.87. The molecule has 0 heterocycles. The van der Waals surface area contributed by atoms with Gasteiger partial charge in [-0.2, -0.15) is 0 Å². The molecule has 0 amide bonds. The van der Waals surface area contributed by atoms with Crippen molar-refractivity contribution in [2.45, 2.75) is 71.4 Å². The first-order valence-electron chi connectivity index (χ1n) is 6.88. The van der Waals surface area contributed by atoms with Gasteiger partial charge in [-0.1, -0.05) is 27.2 Å². The van der Waals surface area contributed by atoms with Crippen molar-refractivity contribution < 1.29 is 9.90 Å². The van der Waals surface area contributed by atoms with Crippen LogP contribution in [0.2, 0.25) is 0 Å². The van der Waals surface area contributed by atoms with E-state index in [1.807, 2.05) is 13.8 Å². The van der Waals surface area contributed by atoms with Crippen LogP contribution in [0.3, 0.4) is 0 Å². The van der Waals surface area contributed by atoms with Crippen LogP contribution in [0.4, 0.5) is 0 Å². The maximum atomic E-state index is 11.4. The van der Waals surface area contributed by atoms with Crippen LogP contribution in [0.5, 0.6) is 0 Å². The predicted octanol–water partition coefficient (Wildman–Crippen LogP) is 3.04. The second kappa shape index (κ2) is 5.85. The second-order valence-corrected chi connectivity index (χ2v) is 6.15. The lowest BCUT2D eigenvalue weighted by molar-refractivity contribution is -0.145. The Kier molecular flexibility index (Phi) is 4.99. The Morgan fingerprint density at radius 2 is 1.82 bits per heavy atom. The maximum Gasteiger partial charge on any atom is 0.323 e. The third-order valence-electron chi connectivity index (χ3n) is 3.92. The molecule has 1 saturated carbocycles. The summed E-state index contributed by atoms with van der Waals surface area (Å²) < 4.78 is 0. The molecule has 0 radical (unpaired) electrons. The molecule has 3 heteroatoms. The lowest BCUT2D eigenvalue weighted by Gasteiger charge is -2.37. The quantitative estimate of drug-likeness (QED) is 0.778. The van der Waals surface area contributed by atoms with Crippen molar-refractivity contribution in [3.8, 4) is 0 Å². The monoisotopic (exact) mass is 241 g/mol. The Labute approximate surface area is 105 Å². The summed E-state index contributed by atoms with van der Waals surface area (Å²) in [6, 6.07) is 0.362. The molecule has 1 fully saturated rings. The van der Waals surface area contributed by atoms with E-state index in [2.05, 4.69) is 19.2 Å². The highest BCUT2D eigenvalue weighted by Crippen LogP contribution is 2.30. The summed E-state index contributed by atoms with van der Waals surface area (Å²) in [6.45, 7) is 8.39. The van der Waals surface area contributed by atoms with Gasteiger partial charge in [0, 0.05) is 6.04 Å². The van der Waals surface area contributed by atoms with Crippen LogP contribution in [0, 0.1) is 11.8 Å². The van der Waals surface area contributed by atoms with Crippen LogP contribution in [-0.4, -0.2) is 22.7 Å². The van der Waals surface area contributed by atoms with Gasteiger partial charge in [-0.3, -0.25) is 10.1 Å². The zero-order valence-electron chi connectivity index (χ0n) is 11.6. The Morgan fingerprint density at radius 1 is 1.29 bits per heavy atom. The number of carbonyl (C=O) groups is 1. The number of carboxylic acid groups (broad SMARTS) is 1. The lowest BCUT2D eigenvalue weighted by atomic mass is 9.79. The number of nitrogens with one attached hydrogen (secondary N) is 1. The lowest BCUT2D eigenvalue weighted by Crippen LogP contribution is -2.55. The number of rotatable bonds is 5. The molecule has 3 atom stereocenters. The maximum absolute atomic E-state index is 11.4. The average Bonchev–Trinajstić information content (AvgIpc) is 2.15. The molecular formula is C14H27NO2. The zero-order valence-corrected chi connectivity index (χ0v) is 11.6. The summed E-state index contributed by atoms with van der Waals surface area (Å²) in [4.78, 5) is 11.4. The van der Waals surface area contributed by atoms with Crippen LogP contribution < -0.4 is 5.32 Å². The van der Waals surface area contributed by atoms with Gasteiger partial charge in [-0.25, -0.2) is 0 Å². The standard InChI is InChI=1S/C14H27NO2/c1-5-6-14(4,13(16)17)15-12-8-10(2)7-11(3)9-12/h10-12,15H,5-9H2,1-4H3,(H,16,17). The molecule has 0 aromatic rings. The van der Waals surface area contributed by atoms with Crippen molar-refractivity contribution >= 4 is 5.97 Å². The summed E-state index contributed by atoms with van der Waals surface area (Å²) in [5, 5.41) is 12.8. The number of aliphatic carboxylic acids is 1. The van der Waals surface area contributed by atoms with E-state index in [0.717, 1.165) is 19.3 Å². The van der Waals surface area contributed by atoms with E-state index in [-0.39, 0.29) is 0 Å². The fourth-order valence-electron chi connectivity index (χ4n) is 3.26. The van der Waals surface area contributed by atoms with Crippen LogP contribution in [-0.2, 0) is 4.79 Å². The second-order valence-electron chi connectivity index (χ2n) is 6.15. The molecule has 0 aromatic carbocycles. The predicted molar refractivity (Wildman–Crippen MR) is 70.1 cm³/mol. The highest BCUT2D eigenvalue weighted by Gasteiger charge is 2.36. The minimum Gasteiger partial charge on any atom is -0.480 e. The van der Waals surface area contributed by atoms with E-state index in [1.54, 1.807) is 0 Å². The molecule has 1 aliphatic carbocycles. The highest BCUT2D eigenvalue weighted by molar-refractivity contribution is 5.78. The first-order valence-corrected chi connectivity index (χ1v) is 6.88. The molecule has 3 unspecified atom stereocenters. The Hall–Kier alpha value is -0.570. The molecule has 1 rings (SSSR count). The number of hydrogen-bond acceptors (Lipinski definition) is 2. The largest absolute Gasteiger partial charge is 0.480 e. The van der Waals surface area contributed by atoms with Crippen LogP contribution in [0.1, 0.15) is 59.8 Å². The first kappa shape index (κ1) is 14.5. The van der Waals surface area contributed by atoms with Crippen LogP contribution in [0.25, 0.3) is 0 Å². The van der Waals surface area contributed by atoms with E-state index < -0.39 is 11.5 Å². The molecule has 0 bridgehead atoms. The summed E-state index contributed by atoms with van der Waals surface area (Å²) >= 11 is 0. The Bertz CT molecular complexity index is 257. The highest BCUT2D eigenvalue weighted by atomic mass is 16.4. The molecule has 0 spiro atoms. The summed E-state index contributed by atoms with van der Waals surface area (Å²) in [6.07, 6.45) is 5.08. The molecule has 17 heavy (non-hydrogen) atoms. The fraction of sp³-hybridized carbons (Fsp3) is 0.929. The molecule has 2 N–H and O–H groups in total. The molecule has 1 aliphatic rings. The minimum absolute atomic E-state index is 0.362. The topological polar surface area (TPSA) is 49.3 Å². The number of carboxylic acids is 1. The van der Waals surface area contributed by atoms with Crippen molar-refractivity contribution in [3.63, 3.8) is 0 Å². The van der Waals surface area contributed by atoms with Gasteiger partial charge in [-0.05, 0) is 44.4 Å². The van der Waals surface area contributed by atoms with E-state index in [4.69, 9.17) is 0 Å². The molecule has 3 nitrogen and oxygen atoms in total. The Morgan fingerprint density at radius 3 is 2.24 bits per heavy atom. The normalized spacial score (nSPS) is 33.1. The van der Waals surface area contributed by atoms with Crippen molar-refractivity contribution in [2.24, 2.45) is 11.8 Å². The van der Waals surface area contributed by atoms with Gasteiger partial charge >= 0.3 is 5.97 Å². The van der Waals surface area contributed by atoms with Crippen LogP contribution >= 0.6 is 0 Å². The fourth-order valence-corrected chi connectivity index (χ4v) is 3.26. The van der Waals surface area contributed by atoms with Crippen LogP contribution in [0.15, 0.2) is 0 Å². The van der Waals surface area contributed by atoms with Gasteiger partial charge in [0.15, 0.2) is 0 Å². The van der Waals surface area contributed by atoms with Gasteiger partial charge in [0.2, 0.25) is 0 Å². The van der Waals surface area contributed by atoms with Crippen molar-refractivity contribution in [3.05, 3.63) is 0 Å². The zero-order chi connectivity index (χ0) is 13.1. The molecule has 100 valence electrons. The molecule has 0 aromatic heterocycles. The van der Waals surface area contributed by atoms with Gasteiger partial charge in [0.05, 0.1) is 0 Å². The summed E-state index contributed by atoms with van der Waals surface area (Å²) in [5.74, 6) is 0.692. The van der Waals surface area contributed by atoms with E-state index in [1.165, 1.54) is 6.42 Å². The summed E-state index contributed by atoms with van der Waals surface area (Å²) in [5.41, 5.74) is -0.754. The number of hydrogen-bond donors (Lipinski definition) is 2. The third kappa shape index (κ3) is 3.98. The molecule has 0 saturated heterocycles. The van der Waals surface area contributed by atoms with Crippen molar-refractivity contribution in [2.75, 3.05) is 0 Å². The third-order valence-corrected chi connectivity index (χ3v) is 3.92. The van der Waals surface area contributed by atoms with Gasteiger partial charge in [0.25, 0.3) is 0 Å². The molecule has 0 aliphatic heterocycles. The van der Waals surface area contributed by atoms with Gasteiger partial charge in [-0.15, -0.1) is 0 Å². The van der Waals surface area contributed by atoms with E-state index in [0.29, 0.717) is 24.3 Å². The van der Waals surface area contributed by atoms with E-state index in [9.17, 15) is 9.90 Å². The SMILES string of the molecule is CCCC(C)(NC1CC(C)CC(C)C1)C(=O)O.